The van der Waals surface area contributed by atoms with E-state index in [1.54, 1.807) is 0 Å². The number of pyridine rings is 2. The van der Waals surface area contributed by atoms with E-state index < -0.39 is 0 Å². The van der Waals surface area contributed by atoms with Crippen LogP contribution in [0.25, 0.3) is 0 Å². The average Bonchev–Trinajstić information content (AvgIpc) is 2.33. The summed E-state index contributed by atoms with van der Waals surface area (Å²) in [5.41, 5.74) is 0.232. The molecule has 17 heavy (non-hydrogen) atoms. The second-order valence-electron chi connectivity index (χ2n) is 3.21. The summed E-state index contributed by atoms with van der Waals surface area (Å²) in [4.78, 5) is 11.9. The van der Waals surface area contributed by atoms with Crippen LogP contribution >= 0.6 is 0 Å². The molecule has 0 amide bonds. The van der Waals surface area contributed by atoms with Gasteiger partial charge in [-0.15, -0.1) is 0 Å². The molecule has 0 radical (unpaired) electrons. The second kappa shape index (κ2) is 4.44. The number of aromatic nitrogens is 2. The molecule has 86 valence electrons. The fourth-order valence-electron chi connectivity index (χ4n) is 1.17. The quantitative estimate of drug-likeness (QED) is 0.426. The molecule has 2 aromatic heterocycles. The summed E-state index contributed by atoms with van der Waals surface area (Å²) in [6.07, 6.45) is 4.88. The van der Waals surface area contributed by atoms with Crippen molar-refractivity contribution < 1.29 is 9.60 Å². The van der Waals surface area contributed by atoms with Gasteiger partial charge in [-0.05, 0) is 12.1 Å². The first kappa shape index (κ1) is 10.8. The Morgan fingerprint density at radius 3 is 2.35 bits per heavy atom. The number of hydrogen-bond acceptors (Lipinski definition) is 3. The summed E-state index contributed by atoms with van der Waals surface area (Å²) in [6, 6.07) is 5.52. The molecule has 2 rings (SSSR count). The highest BCUT2D eigenvalue weighted by Gasteiger charge is 2.13. The van der Waals surface area contributed by atoms with Crippen molar-refractivity contribution in [3.05, 3.63) is 69.7 Å². The molecule has 2 aromatic rings. The van der Waals surface area contributed by atoms with Gasteiger partial charge in [-0.2, -0.15) is 4.73 Å². The minimum Gasteiger partial charge on any atom is -0.806 e. The largest absolute Gasteiger partial charge is 0.806 e. The molecule has 0 atom stereocenters. The summed E-state index contributed by atoms with van der Waals surface area (Å²) in [5, 5.41) is 25.6. The van der Waals surface area contributed by atoms with Crippen molar-refractivity contribution in [3.63, 3.8) is 0 Å². The monoisotopic (exact) mass is 232 g/mol. The Hall–Kier alpha value is -2.70. The standard InChI is InChI=1S/C10H8N4O3/c15-12-5-1-9(2-6-12)11-14(17)10-3-7-13(16)8-4-10/h1-8H. The summed E-state index contributed by atoms with van der Waals surface area (Å²) in [7, 11) is 0. The predicted molar refractivity (Wildman–Crippen MR) is 57.4 cm³/mol. The van der Waals surface area contributed by atoms with Gasteiger partial charge < -0.3 is 15.1 Å². The normalized spacial score (nSPS) is 9.88. The zero-order chi connectivity index (χ0) is 12.3. The van der Waals surface area contributed by atoms with Crippen LogP contribution in [0.4, 0.5) is 5.69 Å². The molecule has 7 heteroatoms. The minimum atomic E-state index is 0.232. The van der Waals surface area contributed by atoms with Crippen molar-refractivity contribution in [2.75, 3.05) is 0 Å². The topological polar surface area (TPSA) is 87.4 Å². The van der Waals surface area contributed by atoms with E-state index in [1.807, 2.05) is 0 Å². The van der Waals surface area contributed by atoms with Crippen molar-refractivity contribution in [1.29, 1.82) is 0 Å². The first-order chi connectivity index (χ1) is 8.15. The van der Waals surface area contributed by atoms with Crippen molar-refractivity contribution in [2.45, 2.75) is 0 Å². The Balaban J connectivity index is 2.30. The summed E-state index contributed by atoms with van der Waals surface area (Å²) in [6.45, 7) is 0. The van der Waals surface area contributed by atoms with E-state index in [0.717, 1.165) is 0 Å². The Kier molecular flexibility index (Phi) is 2.82. The maximum Gasteiger partial charge on any atom is 0.306 e. The molecule has 0 N–H and O–H groups in total. The van der Waals surface area contributed by atoms with E-state index in [4.69, 9.17) is 0 Å². The molecule has 7 nitrogen and oxygen atoms in total. The zero-order valence-electron chi connectivity index (χ0n) is 8.63. The molecule has 0 saturated carbocycles. The highest BCUT2D eigenvalue weighted by molar-refractivity contribution is 5.22. The van der Waals surface area contributed by atoms with E-state index in [1.165, 1.54) is 49.1 Å². The fraction of sp³-hybridized carbons (Fsp3) is 0. The molecule has 0 unspecified atom stereocenters. The van der Waals surface area contributed by atoms with Gasteiger partial charge in [0.15, 0.2) is 17.3 Å². The summed E-state index contributed by atoms with van der Waals surface area (Å²) in [5.74, 6) is 0. The van der Waals surface area contributed by atoms with Crippen LogP contribution in [0.2, 0.25) is 0 Å². The lowest BCUT2D eigenvalue weighted by Gasteiger charge is -2.05. The van der Waals surface area contributed by atoms with Gasteiger partial charge >= 0.3 is 5.69 Å². The van der Waals surface area contributed by atoms with Crippen LogP contribution in [0.1, 0.15) is 0 Å². The summed E-state index contributed by atoms with van der Waals surface area (Å²) >= 11 is 0. The van der Waals surface area contributed by atoms with Crippen LogP contribution < -0.4 is 10.1 Å². The first-order valence-electron chi connectivity index (χ1n) is 4.72. The first-order valence-corrected chi connectivity index (χ1v) is 4.72. The van der Waals surface area contributed by atoms with E-state index in [0.29, 0.717) is 19.7 Å². The van der Waals surface area contributed by atoms with Crippen LogP contribution in [0.3, 0.4) is 0 Å². The molecule has 0 spiro atoms. The van der Waals surface area contributed by atoms with Crippen LogP contribution in [-0.2, 0) is 0 Å². The van der Waals surface area contributed by atoms with E-state index in [-0.39, 0.29) is 5.69 Å². The third kappa shape index (κ3) is 2.65. The average molecular weight is 232 g/mol. The number of nitroso groups, excluding NO2 is 1. The van der Waals surface area contributed by atoms with Gasteiger partial charge in [0.1, 0.15) is 5.36 Å². The van der Waals surface area contributed by atoms with Gasteiger partial charge in [-0.1, -0.05) is 0 Å². The van der Waals surface area contributed by atoms with Gasteiger partial charge in [0, 0.05) is 12.4 Å². The third-order valence-corrected chi connectivity index (χ3v) is 2.00. The Morgan fingerprint density at radius 2 is 1.76 bits per heavy atom. The maximum atomic E-state index is 11.6. The smallest absolute Gasteiger partial charge is 0.306 e. The van der Waals surface area contributed by atoms with Crippen molar-refractivity contribution in [3.8, 4) is 0 Å². The molecule has 0 aliphatic rings. The molecule has 0 bridgehead atoms. The van der Waals surface area contributed by atoms with E-state index >= 15 is 0 Å². The van der Waals surface area contributed by atoms with Crippen LogP contribution in [-0.4, -0.2) is 9.60 Å². The van der Waals surface area contributed by atoms with E-state index in [9.17, 15) is 15.3 Å². The van der Waals surface area contributed by atoms with Gasteiger partial charge in [-0.25, -0.2) is 0 Å². The van der Waals surface area contributed by atoms with Gasteiger partial charge in [0.05, 0.1) is 22.1 Å². The van der Waals surface area contributed by atoms with E-state index in [2.05, 4.69) is 5.10 Å². The second-order valence-corrected chi connectivity index (χ2v) is 3.21. The molecular weight excluding hydrogens is 224 g/mol. The highest BCUT2D eigenvalue weighted by atomic mass is 16.5. The highest BCUT2D eigenvalue weighted by Crippen LogP contribution is 2.06. The Bertz CT molecular complexity index is 583. The predicted octanol–water partition coefficient (Wildman–Crippen LogP) is 0.394. The van der Waals surface area contributed by atoms with Crippen molar-refractivity contribution in [1.82, 2.24) is 4.73 Å². The van der Waals surface area contributed by atoms with Gasteiger partial charge in [-0.3, -0.25) is 0 Å². The lowest BCUT2D eigenvalue weighted by Crippen LogP contribution is -2.23. The van der Waals surface area contributed by atoms with Gasteiger partial charge in [0.2, 0.25) is 0 Å². The van der Waals surface area contributed by atoms with Crippen molar-refractivity contribution >= 4 is 5.69 Å². The van der Waals surface area contributed by atoms with Crippen LogP contribution in [0.5, 0.6) is 0 Å². The molecule has 0 saturated heterocycles. The molecule has 2 heterocycles. The number of rotatable bonds is 2. The number of hydrogen-bond donors (Lipinski definition) is 0. The zero-order valence-corrected chi connectivity index (χ0v) is 8.63. The third-order valence-electron chi connectivity index (χ3n) is 2.00. The lowest BCUT2D eigenvalue weighted by molar-refractivity contribution is -0.606. The van der Waals surface area contributed by atoms with Crippen LogP contribution in [0, 0.1) is 15.3 Å². The summed E-state index contributed by atoms with van der Waals surface area (Å²) < 4.78 is 1.16. The lowest BCUT2D eigenvalue weighted by atomic mass is 10.4. The van der Waals surface area contributed by atoms with Crippen LogP contribution in [0.15, 0.2) is 54.2 Å². The maximum absolute atomic E-state index is 11.6. The Labute approximate surface area is 95.6 Å². The fourth-order valence-corrected chi connectivity index (χ4v) is 1.17. The van der Waals surface area contributed by atoms with Gasteiger partial charge in [0.25, 0.3) is 0 Å². The minimum absolute atomic E-state index is 0.232. The SMILES string of the molecule is O=[N+](N=c1ccn([O-])cc1)c1cc[n+]([O-])cc1. The molecular formula is C10H8N4O3. The molecule has 0 aliphatic carbocycles. The molecule has 0 fully saturated rings. The van der Waals surface area contributed by atoms with Crippen molar-refractivity contribution in [2.24, 2.45) is 5.10 Å². The molecule has 0 aliphatic heterocycles. The Morgan fingerprint density at radius 1 is 1.18 bits per heavy atom. The molecule has 0 aromatic carbocycles. The number of nitrogens with zero attached hydrogens (tertiary/aromatic N) is 4.